The van der Waals surface area contributed by atoms with Crippen LogP contribution in [0.1, 0.15) is 16.7 Å². The topological polar surface area (TPSA) is 75.5 Å². The minimum absolute atomic E-state index is 0.00502. The summed E-state index contributed by atoms with van der Waals surface area (Å²) in [5, 5.41) is 13.9. The van der Waals surface area contributed by atoms with E-state index in [0.29, 0.717) is 24.3 Å². The summed E-state index contributed by atoms with van der Waals surface area (Å²) in [6, 6.07) is 12.8. The van der Waals surface area contributed by atoms with E-state index < -0.39 is 4.92 Å². The lowest BCUT2D eigenvalue weighted by Crippen LogP contribution is -2.33. The molecule has 1 heterocycles. The minimum atomic E-state index is -0.435. The second-order valence-electron chi connectivity index (χ2n) is 6.06. The van der Waals surface area contributed by atoms with Crippen molar-refractivity contribution in [2.75, 3.05) is 18.4 Å². The normalized spacial score (nSPS) is 13.5. The number of carbonyl (C=O) groups is 1. The molecule has 2 aromatic carbocycles. The maximum atomic E-state index is 12.6. The van der Waals surface area contributed by atoms with E-state index >= 15 is 0 Å². The summed E-state index contributed by atoms with van der Waals surface area (Å²) < 4.78 is 0. The van der Waals surface area contributed by atoms with Gasteiger partial charge in [-0.05, 0) is 30.5 Å². The number of carbonyl (C=O) groups excluding carboxylic acids is 1. The number of nitrogens with one attached hydrogen (secondary N) is 1. The number of nitrogens with zero attached hydrogens (tertiary/aromatic N) is 2. The SMILES string of the molecule is Cc1ccc([N+](=O)[O-])c(C)c1NC(=O)N1CC=C(c2ccccc2)C1. The first-order valence-corrected chi connectivity index (χ1v) is 8.02. The van der Waals surface area contributed by atoms with Gasteiger partial charge in [-0.2, -0.15) is 0 Å². The molecule has 0 aromatic heterocycles. The molecule has 6 nitrogen and oxygen atoms in total. The summed E-state index contributed by atoms with van der Waals surface area (Å²) in [4.78, 5) is 24.9. The quantitative estimate of drug-likeness (QED) is 0.675. The fourth-order valence-corrected chi connectivity index (χ4v) is 2.98. The molecule has 0 saturated carbocycles. The molecule has 0 bridgehead atoms. The highest BCUT2D eigenvalue weighted by Gasteiger charge is 2.23. The van der Waals surface area contributed by atoms with E-state index in [9.17, 15) is 14.9 Å². The lowest BCUT2D eigenvalue weighted by Gasteiger charge is -2.19. The maximum absolute atomic E-state index is 12.6. The Morgan fingerprint density at radius 1 is 1.16 bits per heavy atom. The molecule has 6 heteroatoms. The van der Waals surface area contributed by atoms with Gasteiger partial charge in [0.05, 0.1) is 16.2 Å². The van der Waals surface area contributed by atoms with Crippen molar-refractivity contribution in [3.05, 3.63) is 75.3 Å². The maximum Gasteiger partial charge on any atom is 0.322 e. The number of hydrogen-bond acceptors (Lipinski definition) is 3. The fourth-order valence-electron chi connectivity index (χ4n) is 2.98. The zero-order valence-corrected chi connectivity index (χ0v) is 14.2. The van der Waals surface area contributed by atoms with Crippen LogP contribution in [0.15, 0.2) is 48.5 Å². The average molecular weight is 337 g/mol. The van der Waals surface area contributed by atoms with E-state index in [0.717, 1.165) is 16.7 Å². The van der Waals surface area contributed by atoms with Crippen LogP contribution in [0.3, 0.4) is 0 Å². The lowest BCUT2D eigenvalue weighted by atomic mass is 10.1. The van der Waals surface area contributed by atoms with Crippen molar-refractivity contribution >= 4 is 23.0 Å². The summed E-state index contributed by atoms with van der Waals surface area (Å²) in [5.74, 6) is 0. The summed E-state index contributed by atoms with van der Waals surface area (Å²) in [7, 11) is 0. The van der Waals surface area contributed by atoms with Gasteiger partial charge in [-0.3, -0.25) is 10.1 Å². The van der Waals surface area contributed by atoms with Gasteiger partial charge < -0.3 is 10.2 Å². The Labute approximate surface area is 145 Å². The Kier molecular flexibility index (Phi) is 4.52. The Bertz CT molecular complexity index is 860. The first-order chi connectivity index (χ1) is 12.0. The molecular formula is C19H19N3O3. The van der Waals surface area contributed by atoms with E-state index in [-0.39, 0.29) is 11.7 Å². The lowest BCUT2D eigenvalue weighted by molar-refractivity contribution is -0.385. The van der Waals surface area contributed by atoms with Gasteiger partial charge in [0.25, 0.3) is 5.69 Å². The Morgan fingerprint density at radius 2 is 1.88 bits per heavy atom. The van der Waals surface area contributed by atoms with E-state index in [1.54, 1.807) is 17.9 Å². The molecule has 0 aliphatic carbocycles. The number of anilines is 1. The largest absolute Gasteiger partial charge is 0.322 e. The third-order valence-corrected chi connectivity index (χ3v) is 4.42. The molecule has 128 valence electrons. The number of hydrogen-bond donors (Lipinski definition) is 1. The molecule has 0 unspecified atom stereocenters. The molecule has 1 N–H and O–H groups in total. The molecule has 3 rings (SSSR count). The zero-order valence-electron chi connectivity index (χ0n) is 14.2. The van der Waals surface area contributed by atoms with Crippen molar-refractivity contribution in [1.29, 1.82) is 0 Å². The number of amides is 2. The molecule has 1 aliphatic heterocycles. The summed E-state index contributed by atoms with van der Waals surface area (Å²) in [6.07, 6.45) is 2.03. The zero-order chi connectivity index (χ0) is 18.0. The van der Waals surface area contributed by atoms with E-state index in [1.165, 1.54) is 6.07 Å². The minimum Gasteiger partial charge on any atom is -0.316 e. The molecule has 0 spiro atoms. The van der Waals surface area contributed by atoms with Gasteiger partial charge in [-0.15, -0.1) is 0 Å². The van der Waals surface area contributed by atoms with Crippen molar-refractivity contribution in [1.82, 2.24) is 4.90 Å². The molecule has 0 radical (unpaired) electrons. The Hall–Kier alpha value is -3.15. The number of benzene rings is 2. The van der Waals surface area contributed by atoms with Crippen LogP contribution in [0.25, 0.3) is 5.57 Å². The molecule has 25 heavy (non-hydrogen) atoms. The van der Waals surface area contributed by atoms with Gasteiger partial charge in [0, 0.05) is 19.2 Å². The number of urea groups is 1. The highest BCUT2D eigenvalue weighted by atomic mass is 16.6. The van der Waals surface area contributed by atoms with Crippen molar-refractivity contribution in [2.24, 2.45) is 0 Å². The van der Waals surface area contributed by atoms with E-state index in [4.69, 9.17) is 0 Å². The van der Waals surface area contributed by atoms with Crippen molar-refractivity contribution < 1.29 is 9.72 Å². The van der Waals surface area contributed by atoms with Crippen molar-refractivity contribution in [2.45, 2.75) is 13.8 Å². The third-order valence-electron chi connectivity index (χ3n) is 4.42. The monoisotopic (exact) mass is 337 g/mol. The molecule has 0 atom stereocenters. The first-order valence-electron chi connectivity index (χ1n) is 8.02. The highest BCUT2D eigenvalue weighted by molar-refractivity contribution is 5.93. The third kappa shape index (κ3) is 3.38. The smallest absolute Gasteiger partial charge is 0.316 e. The van der Waals surface area contributed by atoms with Crippen molar-refractivity contribution in [3.8, 4) is 0 Å². The van der Waals surface area contributed by atoms with Crippen LogP contribution >= 0.6 is 0 Å². The highest BCUT2D eigenvalue weighted by Crippen LogP contribution is 2.29. The molecular weight excluding hydrogens is 318 g/mol. The number of nitro benzene ring substituents is 1. The standard InChI is InChI=1S/C19H19N3O3/c1-13-8-9-17(22(24)25)14(2)18(13)20-19(23)21-11-10-16(12-21)15-6-4-3-5-7-15/h3-10H,11-12H2,1-2H3,(H,20,23). The molecule has 2 aromatic rings. The van der Waals surface area contributed by atoms with Crippen LogP contribution in [0, 0.1) is 24.0 Å². The van der Waals surface area contributed by atoms with E-state index in [1.807, 2.05) is 43.3 Å². The Balaban J connectivity index is 1.74. The van der Waals surface area contributed by atoms with Gasteiger partial charge in [0.15, 0.2) is 0 Å². The van der Waals surface area contributed by atoms with Crippen LogP contribution in [-0.4, -0.2) is 28.9 Å². The van der Waals surface area contributed by atoms with Gasteiger partial charge in [-0.25, -0.2) is 4.79 Å². The second-order valence-corrected chi connectivity index (χ2v) is 6.06. The van der Waals surface area contributed by atoms with Crippen LogP contribution in [0.5, 0.6) is 0 Å². The predicted molar refractivity (Wildman–Crippen MR) is 97.6 cm³/mol. The number of nitro groups is 1. The summed E-state index contributed by atoms with van der Waals surface area (Å²) in [6.45, 7) is 4.51. The first kappa shape index (κ1) is 16.7. The molecule has 0 saturated heterocycles. The second kappa shape index (κ2) is 6.76. The number of aryl methyl sites for hydroxylation is 1. The van der Waals surface area contributed by atoms with Crippen LogP contribution < -0.4 is 5.32 Å². The molecule has 1 aliphatic rings. The van der Waals surface area contributed by atoms with Gasteiger partial charge in [-0.1, -0.05) is 42.5 Å². The Morgan fingerprint density at radius 3 is 2.56 bits per heavy atom. The predicted octanol–water partition coefficient (Wildman–Crippen LogP) is 4.14. The number of rotatable bonds is 3. The summed E-state index contributed by atoms with van der Waals surface area (Å²) >= 11 is 0. The molecule has 0 fully saturated rings. The van der Waals surface area contributed by atoms with E-state index in [2.05, 4.69) is 5.32 Å². The van der Waals surface area contributed by atoms with Gasteiger partial charge in [0.1, 0.15) is 0 Å². The van der Waals surface area contributed by atoms with Gasteiger partial charge >= 0.3 is 6.03 Å². The van der Waals surface area contributed by atoms with Crippen LogP contribution in [0.2, 0.25) is 0 Å². The average Bonchev–Trinajstić information content (AvgIpc) is 3.09. The fraction of sp³-hybridized carbons (Fsp3) is 0.211. The van der Waals surface area contributed by atoms with Crippen LogP contribution in [-0.2, 0) is 0 Å². The molecule has 2 amide bonds. The van der Waals surface area contributed by atoms with Gasteiger partial charge in [0.2, 0.25) is 0 Å². The summed E-state index contributed by atoms with van der Waals surface area (Å²) in [5.41, 5.74) is 3.97. The van der Waals surface area contributed by atoms with Crippen molar-refractivity contribution in [3.63, 3.8) is 0 Å². The van der Waals surface area contributed by atoms with Crippen LogP contribution in [0.4, 0.5) is 16.2 Å².